The van der Waals surface area contributed by atoms with Crippen LogP contribution in [0, 0.1) is 0 Å². The van der Waals surface area contributed by atoms with Crippen LogP contribution in [-0.4, -0.2) is 31.8 Å². The number of thioether (sulfide) groups is 1. The molecule has 0 aliphatic heterocycles. The summed E-state index contributed by atoms with van der Waals surface area (Å²) in [5, 5.41) is 15.1. The first-order valence-electron chi connectivity index (χ1n) is 9.38. The van der Waals surface area contributed by atoms with Crippen molar-refractivity contribution in [2.24, 2.45) is 7.05 Å². The molecule has 2 N–H and O–H groups in total. The molecule has 3 rings (SSSR count). The fourth-order valence-corrected chi connectivity index (χ4v) is 3.83. The quantitative estimate of drug-likeness (QED) is 0.521. The van der Waals surface area contributed by atoms with Crippen LogP contribution >= 0.6 is 23.4 Å². The number of benzene rings is 2. The Hall–Kier alpha value is -2.84. The first-order chi connectivity index (χ1) is 14.4. The molecule has 7 nitrogen and oxygen atoms in total. The Morgan fingerprint density at radius 1 is 1.03 bits per heavy atom. The van der Waals surface area contributed by atoms with Gasteiger partial charge in [0, 0.05) is 35.9 Å². The van der Waals surface area contributed by atoms with Gasteiger partial charge in [0.15, 0.2) is 11.0 Å². The molecular weight excluding hydrogens is 422 g/mol. The lowest BCUT2D eigenvalue weighted by atomic mass is 10.2. The highest BCUT2D eigenvalue weighted by Crippen LogP contribution is 2.28. The van der Waals surface area contributed by atoms with E-state index in [1.54, 1.807) is 24.3 Å². The van der Waals surface area contributed by atoms with E-state index in [0.29, 0.717) is 33.8 Å². The molecule has 0 radical (unpaired) electrons. The number of hydrogen-bond acceptors (Lipinski definition) is 5. The number of nitrogens with one attached hydrogen (secondary N) is 2. The number of nitrogens with zero attached hydrogens (tertiary/aromatic N) is 3. The lowest BCUT2D eigenvalue weighted by Gasteiger charge is -2.14. The largest absolute Gasteiger partial charge is 0.326 e. The van der Waals surface area contributed by atoms with Crippen molar-refractivity contribution in [3.05, 3.63) is 53.6 Å². The molecule has 156 valence electrons. The van der Waals surface area contributed by atoms with E-state index >= 15 is 0 Å². The number of aromatic nitrogens is 3. The number of amides is 2. The van der Waals surface area contributed by atoms with Crippen LogP contribution in [0.25, 0.3) is 11.4 Å². The smallest absolute Gasteiger partial charge is 0.237 e. The Balaban J connectivity index is 1.71. The van der Waals surface area contributed by atoms with Crippen LogP contribution in [0.3, 0.4) is 0 Å². The topological polar surface area (TPSA) is 88.9 Å². The van der Waals surface area contributed by atoms with Crippen LogP contribution in [0.15, 0.2) is 53.7 Å². The van der Waals surface area contributed by atoms with E-state index in [2.05, 4.69) is 20.8 Å². The average Bonchev–Trinajstić information content (AvgIpc) is 3.08. The third-order valence-corrected chi connectivity index (χ3v) is 5.97. The highest BCUT2D eigenvalue weighted by molar-refractivity contribution is 8.00. The zero-order chi connectivity index (χ0) is 21.7. The molecule has 1 heterocycles. The van der Waals surface area contributed by atoms with E-state index in [1.807, 2.05) is 42.8 Å². The minimum Gasteiger partial charge on any atom is -0.326 e. The van der Waals surface area contributed by atoms with Gasteiger partial charge in [0.05, 0.1) is 5.25 Å². The standard InChI is InChI=1S/C21H22ClN5O2S/c1-4-18(20(29)24-17-11-7-15(22)8-12-17)30-21-26-25-19(27(21)3)14-5-9-16(10-6-14)23-13(2)28/h5-12,18H,4H2,1-3H3,(H,23,28)(H,24,29)/t18-/m0/s1. The third kappa shape index (κ3) is 5.40. The lowest BCUT2D eigenvalue weighted by Crippen LogP contribution is -2.25. The summed E-state index contributed by atoms with van der Waals surface area (Å²) in [5.74, 6) is 0.455. The second kappa shape index (κ2) is 9.77. The fraction of sp³-hybridized carbons (Fsp3) is 0.238. The van der Waals surface area contributed by atoms with E-state index in [4.69, 9.17) is 11.6 Å². The Bertz CT molecular complexity index is 1030. The summed E-state index contributed by atoms with van der Waals surface area (Å²) in [6, 6.07) is 14.4. The zero-order valence-corrected chi connectivity index (χ0v) is 18.4. The molecule has 0 saturated carbocycles. The van der Waals surface area contributed by atoms with Gasteiger partial charge in [-0.2, -0.15) is 0 Å². The van der Waals surface area contributed by atoms with Crippen molar-refractivity contribution in [2.75, 3.05) is 10.6 Å². The molecule has 0 spiro atoms. The van der Waals surface area contributed by atoms with Crippen LogP contribution in [0.2, 0.25) is 5.02 Å². The predicted octanol–water partition coefficient (Wildman–Crippen LogP) is 4.60. The Morgan fingerprint density at radius 2 is 1.63 bits per heavy atom. The number of rotatable bonds is 7. The summed E-state index contributed by atoms with van der Waals surface area (Å²) in [5.41, 5.74) is 2.28. The molecule has 0 bridgehead atoms. The Kier molecular flexibility index (Phi) is 7.12. The van der Waals surface area contributed by atoms with Gasteiger partial charge in [-0.3, -0.25) is 9.59 Å². The number of halogens is 1. The van der Waals surface area contributed by atoms with Crippen LogP contribution in [0.1, 0.15) is 20.3 Å². The van der Waals surface area contributed by atoms with Crippen molar-refractivity contribution < 1.29 is 9.59 Å². The van der Waals surface area contributed by atoms with Crippen molar-refractivity contribution in [1.29, 1.82) is 0 Å². The highest BCUT2D eigenvalue weighted by atomic mass is 35.5. The first kappa shape index (κ1) is 21.9. The van der Waals surface area contributed by atoms with Gasteiger partial charge in [-0.1, -0.05) is 30.3 Å². The number of carbonyl (C=O) groups excluding carboxylic acids is 2. The van der Waals surface area contributed by atoms with Crippen molar-refractivity contribution >= 4 is 46.6 Å². The van der Waals surface area contributed by atoms with E-state index in [-0.39, 0.29) is 17.1 Å². The number of anilines is 2. The van der Waals surface area contributed by atoms with Crippen molar-refractivity contribution in [1.82, 2.24) is 14.8 Å². The molecule has 2 amide bonds. The van der Waals surface area contributed by atoms with Crippen molar-refractivity contribution in [3.8, 4) is 11.4 Å². The average molecular weight is 444 g/mol. The molecule has 1 atom stereocenters. The second-order valence-electron chi connectivity index (χ2n) is 6.63. The molecule has 0 fully saturated rings. The maximum Gasteiger partial charge on any atom is 0.237 e. The maximum absolute atomic E-state index is 12.7. The van der Waals surface area contributed by atoms with E-state index in [1.165, 1.54) is 18.7 Å². The van der Waals surface area contributed by atoms with Crippen LogP contribution in [0.4, 0.5) is 11.4 Å². The fourth-order valence-electron chi connectivity index (χ4n) is 2.78. The van der Waals surface area contributed by atoms with E-state index in [9.17, 15) is 9.59 Å². The van der Waals surface area contributed by atoms with Crippen molar-refractivity contribution in [2.45, 2.75) is 30.7 Å². The molecule has 9 heteroatoms. The minimum absolute atomic E-state index is 0.103. The van der Waals surface area contributed by atoms with Crippen LogP contribution < -0.4 is 10.6 Å². The summed E-state index contributed by atoms with van der Waals surface area (Å²) >= 11 is 7.26. The first-order valence-corrected chi connectivity index (χ1v) is 10.6. The number of hydrogen-bond donors (Lipinski definition) is 2. The summed E-state index contributed by atoms with van der Waals surface area (Å²) in [4.78, 5) is 23.9. The van der Waals surface area contributed by atoms with Crippen LogP contribution in [0.5, 0.6) is 0 Å². The lowest BCUT2D eigenvalue weighted by molar-refractivity contribution is -0.116. The normalized spacial score (nSPS) is 11.7. The van der Waals surface area contributed by atoms with Gasteiger partial charge in [0.1, 0.15) is 0 Å². The molecule has 0 unspecified atom stereocenters. The van der Waals surface area contributed by atoms with E-state index in [0.717, 1.165) is 5.56 Å². The minimum atomic E-state index is -0.321. The van der Waals surface area contributed by atoms with Gasteiger partial charge in [-0.05, 0) is 55.0 Å². The molecule has 0 aliphatic rings. The SMILES string of the molecule is CC[C@H](Sc1nnc(-c2ccc(NC(C)=O)cc2)n1C)C(=O)Nc1ccc(Cl)cc1. The summed E-state index contributed by atoms with van der Waals surface area (Å²) in [6.07, 6.45) is 0.637. The van der Waals surface area contributed by atoms with E-state index < -0.39 is 0 Å². The van der Waals surface area contributed by atoms with Gasteiger partial charge < -0.3 is 15.2 Å². The second-order valence-corrected chi connectivity index (χ2v) is 8.24. The Morgan fingerprint density at radius 3 is 2.23 bits per heavy atom. The monoisotopic (exact) mass is 443 g/mol. The van der Waals surface area contributed by atoms with Gasteiger partial charge in [-0.25, -0.2) is 0 Å². The van der Waals surface area contributed by atoms with Gasteiger partial charge in [0.25, 0.3) is 0 Å². The van der Waals surface area contributed by atoms with Gasteiger partial charge >= 0.3 is 0 Å². The molecule has 30 heavy (non-hydrogen) atoms. The molecule has 0 saturated heterocycles. The molecule has 1 aromatic heterocycles. The van der Waals surface area contributed by atoms with Crippen LogP contribution in [-0.2, 0) is 16.6 Å². The third-order valence-electron chi connectivity index (χ3n) is 4.32. The zero-order valence-electron chi connectivity index (χ0n) is 16.8. The molecule has 3 aromatic rings. The predicted molar refractivity (Wildman–Crippen MR) is 121 cm³/mol. The molecule has 2 aromatic carbocycles. The summed E-state index contributed by atoms with van der Waals surface area (Å²) < 4.78 is 1.86. The Labute approximate surface area is 184 Å². The molecular formula is C21H22ClN5O2S. The highest BCUT2D eigenvalue weighted by Gasteiger charge is 2.22. The number of carbonyl (C=O) groups is 2. The van der Waals surface area contributed by atoms with Crippen molar-refractivity contribution in [3.63, 3.8) is 0 Å². The summed E-state index contributed by atoms with van der Waals surface area (Å²) in [6.45, 7) is 3.42. The van der Waals surface area contributed by atoms with Gasteiger partial charge in [-0.15, -0.1) is 10.2 Å². The maximum atomic E-state index is 12.7. The van der Waals surface area contributed by atoms with Gasteiger partial charge in [0.2, 0.25) is 11.8 Å². The molecule has 0 aliphatic carbocycles. The summed E-state index contributed by atoms with van der Waals surface area (Å²) in [7, 11) is 1.86.